The first-order valence-corrected chi connectivity index (χ1v) is 4.10. The molecule has 0 saturated carbocycles. The fourth-order valence-electron chi connectivity index (χ4n) is 0.709. The van der Waals surface area contributed by atoms with E-state index in [0.717, 1.165) is 0 Å². The average Bonchev–Trinajstić information content (AvgIpc) is 2.04. The second kappa shape index (κ2) is 4.39. The van der Waals surface area contributed by atoms with Gasteiger partial charge in [0.2, 0.25) is 0 Å². The van der Waals surface area contributed by atoms with Crippen LogP contribution in [0, 0.1) is 6.07 Å². The molecule has 0 N–H and O–H groups in total. The van der Waals surface area contributed by atoms with Crippen LogP contribution in [0.25, 0.3) is 0 Å². The molecule has 3 heteroatoms. The van der Waals surface area contributed by atoms with E-state index >= 15 is 0 Å². The van der Waals surface area contributed by atoms with Crippen molar-refractivity contribution >= 4 is 23.2 Å². The molecule has 0 unspecified atom stereocenters. The molecular weight excluding hydrogens is 195 g/mol. The van der Waals surface area contributed by atoms with Crippen LogP contribution in [0.5, 0.6) is 5.75 Å². The first kappa shape index (κ1) is 9.43. The predicted octanol–water partition coefficient (Wildman–Crippen LogP) is 3.36. The van der Waals surface area contributed by atoms with E-state index in [1.54, 1.807) is 18.2 Å². The fourth-order valence-corrected chi connectivity index (χ4v) is 1.19. The number of benzene rings is 1. The summed E-state index contributed by atoms with van der Waals surface area (Å²) in [6.07, 6.45) is 1.62. The molecule has 0 aliphatic heterocycles. The highest BCUT2D eigenvalue weighted by atomic mass is 35.5. The monoisotopic (exact) mass is 201 g/mol. The summed E-state index contributed by atoms with van der Waals surface area (Å²) in [6.45, 7) is 3.90. The minimum absolute atomic E-state index is 0.386. The minimum Gasteiger partial charge on any atom is -0.486 e. The molecule has 1 nitrogen and oxygen atoms in total. The molecular formula is C9H7Cl2O. The molecule has 0 fully saturated rings. The van der Waals surface area contributed by atoms with Crippen LogP contribution in [0.3, 0.4) is 0 Å². The second-order valence-corrected chi connectivity index (χ2v) is 2.85. The zero-order chi connectivity index (χ0) is 8.97. The number of ether oxygens (including phenoxy) is 1. The van der Waals surface area contributed by atoms with Gasteiger partial charge in [-0.1, -0.05) is 41.9 Å². The minimum atomic E-state index is 0.386. The summed E-state index contributed by atoms with van der Waals surface area (Å²) in [6, 6.07) is 6.09. The van der Waals surface area contributed by atoms with E-state index in [1.807, 2.05) is 0 Å². The van der Waals surface area contributed by atoms with Crippen molar-refractivity contribution in [3.05, 3.63) is 40.9 Å². The highest BCUT2D eigenvalue weighted by Crippen LogP contribution is 2.31. The summed E-state index contributed by atoms with van der Waals surface area (Å²) in [7, 11) is 0. The maximum absolute atomic E-state index is 5.80. The molecule has 1 rings (SSSR count). The van der Waals surface area contributed by atoms with E-state index in [-0.39, 0.29) is 0 Å². The van der Waals surface area contributed by atoms with Crippen molar-refractivity contribution in [3.63, 3.8) is 0 Å². The third-order valence-corrected chi connectivity index (χ3v) is 1.78. The Balaban J connectivity index is 2.88. The van der Waals surface area contributed by atoms with Crippen LogP contribution in [-0.4, -0.2) is 6.61 Å². The Bertz CT molecular complexity index is 264. The Labute approximate surface area is 81.6 Å². The third-order valence-electron chi connectivity index (χ3n) is 1.20. The molecule has 1 radical (unpaired) electrons. The topological polar surface area (TPSA) is 9.23 Å². The average molecular weight is 202 g/mol. The van der Waals surface area contributed by atoms with Gasteiger partial charge in [0.15, 0.2) is 5.75 Å². The second-order valence-electron chi connectivity index (χ2n) is 2.07. The van der Waals surface area contributed by atoms with Crippen molar-refractivity contribution in [2.24, 2.45) is 0 Å². The summed E-state index contributed by atoms with van der Waals surface area (Å²) in [5, 5.41) is 0.880. The summed E-state index contributed by atoms with van der Waals surface area (Å²) in [5.74, 6) is 0.459. The lowest BCUT2D eigenvalue weighted by Crippen LogP contribution is -1.93. The van der Waals surface area contributed by atoms with Crippen LogP contribution in [-0.2, 0) is 0 Å². The Hall–Kier alpha value is -0.660. The van der Waals surface area contributed by atoms with Gasteiger partial charge in [-0.25, -0.2) is 0 Å². The standard InChI is InChI=1S/C9H7Cl2O/c1-2-6-12-9-7(10)4-3-5-8(9)11/h2-4H,1,6H2. The van der Waals surface area contributed by atoms with Crippen molar-refractivity contribution in [1.29, 1.82) is 0 Å². The third kappa shape index (κ3) is 2.16. The molecule has 0 aliphatic carbocycles. The van der Waals surface area contributed by atoms with Crippen LogP contribution < -0.4 is 4.74 Å². The van der Waals surface area contributed by atoms with Crippen LogP contribution in [0.2, 0.25) is 10.0 Å². The van der Waals surface area contributed by atoms with Gasteiger partial charge in [0.05, 0.1) is 10.0 Å². The highest BCUT2D eigenvalue weighted by Gasteiger charge is 2.04. The maximum atomic E-state index is 5.80. The van der Waals surface area contributed by atoms with Crippen LogP contribution >= 0.6 is 23.2 Å². The molecule has 1 aromatic rings. The molecule has 0 heterocycles. The summed E-state index contributed by atoms with van der Waals surface area (Å²) in [5.41, 5.74) is 0. The van der Waals surface area contributed by atoms with E-state index < -0.39 is 0 Å². The molecule has 1 aromatic carbocycles. The van der Waals surface area contributed by atoms with Crippen molar-refractivity contribution in [1.82, 2.24) is 0 Å². The zero-order valence-electron chi connectivity index (χ0n) is 6.31. The van der Waals surface area contributed by atoms with Gasteiger partial charge < -0.3 is 4.74 Å². The molecule has 0 saturated heterocycles. The maximum Gasteiger partial charge on any atom is 0.157 e. The van der Waals surface area contributed by atoms with Gasteiger partial charge in [-0.2, -0.15) is 0 Å². The Morgan fingerprint density at radius 3 is 2.92 bits per heavy atom. The SMILES string of the molecule is C=CCOc1c(Cl)[c]ccc1Cl. The number of rotatable bonds is 3. The van der Waals surface area contributed by atoms with Crippen molar-refractivity contribution in [3.8, 4) is 5.75 Å². The lowest BCUT2D eigenvalue weighted by atomic mass is 10.3. The quantitative estimate of drug-likeness (QED) is 0.682. The van der Waals surface area contributed by atoms with Gasteiger partial charge in [-0.05, 0) is 6.07 Å². The number of hydrogen-bond donors (Lipinski definition) is 0. The zero-order valence-corrected chi connectivity index (χ0v) is 7.82. The number of halogens is 2. The van der Waals surface area contributed by atoms with Crippen LogP contribution in [0.4, 0.5) is 0 Å². The smallest absolute Gasteiger partial charge is 0.157 e. The van der Waals surface area contributed by atoms with Gasteiger partial charge in [-0.3, -0.25) is 0 Å². The highest BCUT2D eigenvalue weighted by molar-refractivity contribution is 6.37. The Morgan fingerprint density at radius 1 is 1.58 bits per heavy atom. The van der Waals surface area contributed by atoms with Gasteiger partial charge in [-0.15, -0.1) is 0 Å². The van der Waals surface area contributed by atoms with E-state index in [0.29, 0.717) is 22.4 Å². The van der Waals surface area contributed by atoms with Crippen LogP contribution in [0.1, 0.15) is 0 Å². The molecule has 12 heavy (non-hydrogen) atoms. The lowest BCUT2D eigenvalue weighted by Gasteiger charge is -2.06. The Morgan fingerprint density at radius 2 is 2.33 bits per heavy atom. The van der Waals surface area contributed by atoms with E-state index in [4.69, 9.17) is 27.9 Å². The number of hydrogen-bond acceptors (Lipinski definition) is 1. The molecule has 63 valence electrons. The first-order chi connectivity index (χ1) is 5.75. The summed E-state index contributed by atoms with van der Waals surface area (Å²) < 4.78 is 5.20. The van der Waals surface area contributed by atoms with Crippen molar-refractivity contribution < 1.29 is 4.74 Å². The lowest BCUT2D eigenvalue weighted by molar-refractivity contribution is 0.363. The molecule has 0 aliphatic rings. The van der Waals surface area contributed by atoms with Crippen molar-refractivity contribution in [2.75, 3.05) is 6.61 Å². The molecule has 0 amide bonds. The molecule has 0 aromatic heterocycles. The van der Waals surface area contributed by atoms with E-state index in [1.165, 1.54) is 0 Å². The Kier molecular flexibility index (Phi) is 3.45. The van der Waals surface area contributed by atoms with E-state index in [2.05, 4.69) is 12.6 Å². The van der Waals surface area contributed by atoms with Crippen molar-refractivity contribution in [2.45, 2.75) is 0 Å². The summed E-state index contributed by atoms with van der Waals surface area (Å²) >= 11 is 11.6. The van der Waals surface area contributed by atoms with Crippen LogP contribution in [0.15, 0.2) is 24.8 Å². The van der Waals surface area contributed by atoms with Gasteiger partial charge in [0.25, 0.3) is 0 Å². The molecule has 0 spiro atoms. The van der Waals surface area contributed by atoms with E-state index in [9.17, 15) is 0 Å². The fraction of sp³-hybridized carbons (Fsp3) is 0.111. The normalized spacial score (nSPS) is 9.50. The molecule has 0 atom stereocenters. The van der Waals surface area contributed by atoms with Gasteiger partial charge in [0, 0.05) is 6.07 Å². The largest absolute Gasteiger partial charge is 0.486 e. The van der Waals surface area contributed by atoms with Gasteiger partial charge >= 0.3 is 0 Å². The summed E-state index contributed by atoms with van der Waals surface area (Å²) in [4.78, 5) is 0. The van der Waals surface area contributed by atoms with Gasteiger partial charge in [0.1, 0.15) is 6.61 Å². The first-order valence-electron chi connectivity index (χ1n) is 3.35. The predicted molar refractivity (Wildman–Crippen MR) is 51.0 cm³/mol. The molecule has 0 bridgehead atoms.